The van der Waals surface area contributed by atoms with Gasteiger partial charge < -0.3 is 39.3 Å². The van der Waals surface area contributed by atoms with Crippen molar-refractivity contribution in [3.63, 3.8) is 0 Å². The predicted molar refractivity (Wildman–Crippen MR) is 247 cm³/mol. The van der Waals surface area contributed by atoms with Crippen molar-refractivity contribution in [2.24, 2.45) is 5.92 Å². The molecule has 65 heavy (non-hydrogen) atoms. The molecule has 10 rings (SSSR count). The number of rotatable bonds is 12. The Bertz CT molecular complexity index is 2850. The van der Waals surface area contributed by atoms with Gasteiger partial charge in [0.05, 0.1) is 39.4 Å². The standard InChI is InChI=1S/C48H51N11O5S/c1-27(2)44(47(63)58-25-34(60)19-40(58)46(62)52-28(3)30-9-11-31(12-10-30)45-29(4)51-26-65-45)42-21-36(55-64-42)32-23-49-48(50-24-32)57-17-15-56(16-18-57)43-22-38-39(59(43)33-13-14-33)20-37(53-54-38)35-7-5-6-8-41(35)61/h5-12,20-24,26-28,33-34,40,44,60-61H,13-19,25H2,1-4H3,(H,52,62)/t28-,34+,40-,44+/m0/s1. The van der Waals surface area contributed by atoms with E-state index in [4.69, 9.17) is 14.5 Å². The Balaban J connectivity index is 0.786. The normalized spacial score (nSPS) is 18.7. The van der Waals surface area contributed by atoms with Crippen LogP contribution in [0.1, 0.15) is 75.1 Å². The SMILES string of the molecule is Cc1ncsc1-c1ccc([C@H](C)NC(=O)[C@@H]2C[C@@H](O)CN2C(=O)[C@@H](c2cc(-c3cnc(N4CCN(c5cc6nnc(-c7ccccc7O)cc6n5C5CC5)CC4)nc3)no2)C(C)C)cc1. The van der Waals surface area contributed by atoms with E-state index in [1.54, 1.807) is 41.9 Å². The number of thiazole rings is 1. The molecule has 3 fully saturated rings. The number of carbonyl (C=O) groups is 2. The maximum Gasteiger partial charge on any atom is 0.243 e. The molecule has 2 aromatic carbocycles. The summed E-state index contributed by atoms with van der Waals surface area (Å²) in [5, 5.41) is 37.7. The number of amides is 2. The quantitative estimate of drug-likeness (QED) is 0.115. The summed E-state index contributed by atoms with van der Waals surface area (Å²) in [6.07, 6.45) is 4.97. The third-order valence-corrected chi connectivity index (χ3v) is 13.9. The maximum absolute atomic E-state index is 14.3. The van der Waals surface area contributed by atoms with Gasteiger partial charge in [-0.25, -0.2) is 15.0 Å². The number of fused-ring (bicyclic) bond motifs is 1. The average Bonchev–Trinajstić information content (AvgIpc) is 3.60. The number of phenolic OH excluding ortho intramolecular Hbond substituents is 1. The lowest BCUT2D eigenvalue weighted by atomic mass is 9.91. The number of benzene rings is 2. The third kappa shape index (κ3) is 8.29. The summed E-state index contributed by atoms with van der Waals surface area (Å²) in [4.78, 5) is 49.1. The van der Waals surface area contributed by atoms with E-state index >= 15 is 0 Å². The molecule has 0 unspecified atom stereocenters. The Labute approximate surface area is 380 Å². The summed E-state index contributed by atoms with van der Waals surface area (Å²) in [6, 6.07) is 20.4. The lowest BCUT2D eigenvalue weighted by Gasteiger charge is -2.36. The van der Waals surface area contributed by atoms with E-state index in [1.807, 2.05) is 75.7 Å². The van der Waals surface area contributed by atoms with Gasteiger partial charge in [-0.1, -0.05) is 55.4 Å². The van der Waals surface area contributed by atoms with E-state index in [9.17, 15) is 19.8 Å². The Hall–Kier alpha value is -6.72. The second-order valence-electron chi connectivity index (χ2n) is 17.7. The lowest BCUT2D eigenvalue weighted by molar-refractivity contribution is -0.141. The van der Waals surface area contributed by atoms with E-state index in [2.05, 4.69) is 46.1 Å². The van der Waals surface area contributed by atoms with Crippen LogP contribution in [-0.2, 0) is 9.59 Å². The van der Waals surface area contributed by atoms with Crippen molar-refractivity contribution in [3.05, 3.63) is 102 Å². The smallest absolute Gasteiger partial charge is 0.243 e. The van der Waals surface area contributed by atoms with Crippen LogP contribution in [0, 0.1) is 12.8 Å². The molecule has 334 valence electrons. The zero-order valence-corrected chi connectivity index (χ0v) is 37.5. The number of aliphatic hydroxyl groups is 1. The molecule has 2 aliphatic heterocycles. The van der Waals surface area contributed by atoms with Crippen LogP contribution in [-0.4, -0.2) is 107 Å². The number of aromatic hydroxyl groups is 1. The highest BCUT2D eigenvalue weighted by Crippen LogP contribution is 2.43. The highest BCUT2D eigenvalue weighted by atomic mass is 32.1. The molecule has 1 aliphatic carbocycles. The number of para-hydroxylation sites is 1. The van der Waals surface area contributed by atoms with Gasteiger partial charge in [-0.15, -0.1) is 21.5 Å². The zero-order valence-electron chi connectivity index (χ0n) is 36.7. The van der Waals surface area contributed by atoms with Crippen LogP contribution in [0.5, 0.6) is 5.75 Å². The molecule has 4 atom stereocenters. The molecule has 1 saturated carbocycles. The first-order valence-corrected chi connectivity index (χ1v) is 23.1. The van der Waals surface area contributed by atoms with Crippen molar-refractivity contribution in [1.82, 2.24) is 45.1 Å². The summed E-state index contributed by atoms with van der Waals surface area (Å²) >= 11 is 1.59. The summed E-state index contributed by atoms with van der Waals surface area (Å²) in [5.41, 5.74) is 9.10. The number of aliphatic hydroxyl groups excluding tert-OH is 1. The van der Waals surface area contributed by atoms with Crippen molar-refractivity contribution < 1.29 is 24.3 Å². The molecule has 7 aromatic rings. The first kappa shape index (κ1) is 42.2. The van der Waals surface area contributed by atoms with Gasteiger partial charge in [0, 0.05) is 80.8 Å². The predicted octanol–water partition coefficient (Wildman–Crippen LogP) is 6.92. The van der Waals surface area contributed by atoms with Crippen LogP contribution in [0.4, 0.5) is 11.8 Å². The number of aryl methyl sites for hydroxylation is 1. The molecule has 3 aliphatic rings. The molecular weight excluding hydrogens is 843 g/mol. The van der Waals surface area contributed by atoms with Crippen molar-refractivity contribution in [2.45, 2.75) is 77.1 Å². The Morgan fingerprint density at radius 2 is 1.62 bits per heavy atom. The highest BCUT2D eigenvalue weighted by Gasteiger charge is 2.43. The largest absolute Gasteiger partial charge is 0.507 e. The first-order valence-electron chi connectivity index (χ1n) is 22.3. The summed E-state index contributed by atoms with van der Waals surface area (Å²) in [6.45, 7) is 10.8. The van der Waals surface area contributed by atoms with Crippen molar-refractivity contribution in [1.29, 1.82) is 0 Å². The van der Waals surface area contributed by atoms with Gasteiger partial charge in [-0.2, -0.15) is 0 Å². The number of hydrogen-bond acceptors (Lipinski definition) is 14. The molecule has 17 heteroatoms. The van der Waals surface area contributed by atoms with Gasteiger partial charge in [0.15, 0.2) is 0 Å². The molecular formula is C48H51N11O5S. The van der Waals surface area contributed by atoms with E-state index < -0.39 is 18.1 Å². The average molecular weight is 894 g/mol. The summed E-state index contributed by atoms with van der Waals surface area (Å²) < 4.78 is 8.23. The maximum atomic E-state index is 14.3. The van der Waals surface area contributed by atoms with Crippen molar-refractivity contribution >= 4 is 46.0 Å². The van der Waals surface area contributed by atoms with Crippen LogP contribution >= 0.6 is 11.3 Å². The van der Waals surface area contributed by atoms with Crippen LogP contribution < -0.4 is 15.1 Å². The number of phenols is 1. The monoisotopic (exact) mass is 893 g/mol. The number of carbonyl (C=O) groups excluding carboxylic acids is 2. The van der Waals surface area contributed by atoms with Crippen LogP contribution in [0.25, 0.3) is 44.0 Å². The Morgan fingerprint density at radius 1 is 0.877 bits per heavy atom. The lowest BCUT2D eigenvalue weighted by Crippen LogP contribution is -2.48. The Morgan fingerprint density at radius 3 is 2.31 bits per heavy atom. The topological polar surface area (TPSA) is 192 Å². The van der Waals surface area contributed by atoms with Crippen molar-refractivity contribution in [2.75, 3.05) is 42.5 Å². The van der Waals surface area contributed by atoms with Gasteiger partial charge in [0.1, 0.15) is 40.5 Å². The van der Waals surface area contributed by atoms with Gasteiger partial charge in [-0.3, -0.25) is 9.59 Å². The van der Waals surface area contributed by atoms with Gasteiger partial charge >= 0.3 is 0 Å². The van der Waals surface area contributed by atoms with E-state index in [-0.39, 0.29) is 42.5 Å². The van der Waals surface area contributed by atoms with E-state index in [0.717, 1.165) is 77.6 Å². The number of hydrogen-bond donors (Lipinski definition) is 3. The molecule has 2 saturated heterocycles. The molecule has 0 spiro atoms. The second kappa shape index (κ2) is 17.3. The van der Waals surface area contributed by atoms with Crippen molar-refractivity contribution in [3.8, 4) is 38.7 Å². The van der Waals surface area contributed by atoms with Crippen LogP contribution in [0.15, 0.2) is 89.2 Å². The number of aromatic nitrogens is 7. The number of nitrogens with zero attached hydrogens (tertiary/aromatic N) is 10. The van der Waals surface area contributed by atoms with Crippen LogP contribution in [0.2, 0.25) is 0 Å². The molecule has 5 aromatic heterocycles. The van der Waals surface area contributed by atoms with Gasteiger partial charge in [0.2, 0.25) is 17.8 Å². The number of nitrogens with one attached hydrogen (secondary N) is 1. The Kier molecular flexibility index (Phi) is 11.3. The molecule has 3 N–H and O–H groups in total. The minimum absolute atomic E-state index is 0.0441. The van der Waals surface area contributed by atoms with Gasteiger partial charge in [-0.05, 0) is 61.9 Å². The van der Waals surface area contributed by atoms with Gasteiger partial charge in [0.25, 0.3) is 0 Å². The molecule has 7 heterocycles. The van der Waals surface area contributed by atoms with Crippen LogP contribution in [0.3, 0.4) is 0 Å². The second-order valence-corrected chi connectivity index (χ2v) is 18.6. The minimum atomic E-state index is -0.840. The van der Waals surface area contributed by atoms with E-state index in [0.29, 0.717) is 40.3 Å². The fourth-order valence-electron chi connectivity index (χ4n) is 9.22. The molecule has 2 amide bonds. The fourth-order valence-corrected chi connectivity index (χ4v) is 10.0. The summed E-state index contributed by atoms with van der Waals surface area (Å²) in [7, 11) is 0. The molecule has 0 bridgehead atoms. The van der Waals surface area contributed by atoms with E-state index in [1.165, 1.54) is 4.90 Å². The number of likely N-dealkylation sites (tertiary alicyclic amines) is 1. The number of piperazine rings is 1. The molecule has 0 radical (unpaired) electrons. The number of β-amino-alcohol motifs (C(OH)–C–C–N with tert-alkyl or cyclic N) is 1. The first-order chi connectivity index (χ1) is 31.5. The fraction of sp³-hybridized carbons (Fsp3) is 0.375. The number of anilines is 2. The third-order valence-electron chi connectivity index (χ3n) is 12.9. The highest BCUT2D eigenvalue weighted by molar-refractivity contribution is 7.13. The minimum Gasteiger partial charge on any atom is -0.507 e. The summed E-state index contributed by atoms with van der Waals surface area (Å²) in [5.74, 6) is 0.734. The zero-order chi connectivity index (χ0) is 44.9. The molecule has 16 nitrogen and oxygen atoms in total.